The monoisotopic (exact) mass is 285 g/mol. The van der Waals surface area contributed by atoms with Crippen molar-refractivity contribution in [2.75, 3.05) is 7.11 Å². The Kier molecular flexibility index (Phi) is 6.12. The molecule has 5 heteroatoms. The van der Waals surface area contributed by atoms with E-state index in [0.29, 0.717) is 5.02 Å². The van der Waals surface area contributed by atoms with E-state index in [9.17, 15) is 4.79 Å². The van der Waals surface area contributed by atoms with Crippen molar-refractivity contribution in [1.82, 2.24) is 5.32 Å². The molecule has 0 aliphatic carbocycles. The third-order valence-electron chi connectivity index (χ3n) is 2.59. The third-order valence-corrected chi connectivity index (χ3v) is 2.94. The summed E-state index contributed by atoms with van der Waals surface area (Å²) in [5.41, 5.74) is 0.802. The molecule has 2 atom stereocenters. The number of carbonyl (C=O) groups is 1. The van der Waals surface area contributed by atoms with E-state index in [1.165, 1.54) is 0 Å². The maximum absolute atomic E-state index is 11.6. The van der Waals surface area contributed by atoms with E-state index in [-0.39, 0.29) is 6.04 Å². The number of amides is 1. The van der Waals surface area contributed by atoms with Gasteiger partial charge in [0.15, 0.2) is 0 Å². The molecule has 0 aliphatic rings. The van der Waals surface area contributed by atoms with Gasteiger partial charge in [-0.1, -0.05) is 29.8 Å². The van der Waals surface area contributed by atoms with Gasteiger partial charge < -0.3 is 14.8 Å². The number of alkyl carbamates (subject to hydrolysis) is 1. The molecule has 1 N–H and O–H groups in total. The predicted octanol–water partition coefficient (Wildman–Crippen LogP) is 3.55. The van der Waals surface area contributed by atoms with Crippen LogP contribution in [-0.4, -0.2) is 25.3 Å². The SMILES string of the molecule is COC(c1ccccc1Cl)C(C)OC(=O)NC(C)C. The first-order valence-electron chi connectivity index (χ1n) is 6.20. The molecule has 1 rings (SSSR count). The van der Waals surface area contributed by atoms with Gasteiger partial charge in [-0.3, -0.25) is 0 Å². The Labute approximate surface area is 119 Å². The molecule has 0 bridgehead atoms. The predicted molar refractivity (Wildman–Crippen MR) is 75.4 cm³/mol. The van der Waals surface area contributed by atoms with Crippen LogP contribution in [-0.2, 0) is 9.47 Å². The van der Waals surface area contributed by atoms with Gasteiger partial charge in [0.25, 0.3) is 0 Å². The summed E-state index contributed by atoms with van der Waals surface area (Å²) in [7, 11) is 1.56. The summed E-state index contributed by atoms with van der Waals surface area (Å²) < 4.78 is 10.7. The first-order valence-corrected chi connectivity index (χ1v) is 6.57. The zero-order valence-electron chi connectivity index (χ0n) is 11.6. The highest BCUT2D eigenvalue weighted by Gasteiger charge is 2.24. The van der Waals surface area contributed by atoms with Gasteiger partial charge in [-0.25, -0.2) is 4.79 Å². The first kappa shape index (κ1) is 15.8. The number of methoxy groups -OCH3 is 1. The Bertz CT molecular complexity index is 423. The summed E-state index contributed by atoms with van der Waals surface area (Å²) >= 11 is 6.13. The number of ether oxygens (including phenoxy) is 2. The molecule has 4 nitrogen and oxygen atoms in total. The summed E-state index contributed by atoms with van der Waals surface area (Å²) in [5, 5.41) is 3.26. The van der Waals surface area contributed by atoms with Crippen molar-refractivity contribution >= 4 is 17.7 Å². The molecular weight excluding hydrogens is 266 g/mol. The largest absolute Gasteiger partial charge is 0.443 e. The molecular formula is C14H20ClNO3. The van der Waals surface area contributed by atoms with Crippen molar-refractivity contribution in [3.63, 3.8) is 0 Å². The molecule has 0 radical (unpaired) electrons. The fourth-order valence-corrected chi connectivity index (χ4v) is 2.02. The highest BCUT2D eigenvalue weighted by atomic mass is 35.5. The van der Waals surface area contributed by atoms with Crippen LogP contribution >= 0.6 is 11.6 Å². The van der Waals surface area contributed by atoms with Crippen LogP contribution in [0, 0.1) is 0 Å². The zero-order valence-corrected chi connectivity index (χ0v) is 12.4. The standard InChI is InChI=1S/C14H20ClNO3/c1-9(2)16-14(17)19-10(3)13(18-4)11-7-5-6-8-12(11)15/h5-10,13H,1-4H3,(H,16,17). The Morgan fingerprint density at radius 3 is 2.42 bits per heavy atom. The maximum atomic E-state index is 11.6. The minimum Gasteiger partial charge on any atom is -0.443 e. The minimum atomic E-state index is -0.461. The lowest BCUT2D eigenvalue weighted by molar-refractivity contribution is -0.0152. The van der Waals surface area contributed by atoms with E-state index in [4.69, 9.17) is 21.1 Å². The molecule has 0 fully saturated rings. The van der Waals surface area contributed by atoms with Crippen molar-refractivity contribution in [2.45, 2.75) is 39.0 Å². The molecule has 0 saturated carbocycles. The number of rotatable bonds is 5. The van der Waals surface area contributed by atoms with Gasteiger partial charge in [0.05, 0.1) is 0 Å². The summed E-state index contributed by atoms with van der Waals surface area (Å²) in [6.07, 6.45) is -1.30. The van der Waals surface area contributed by atoms with E-state index in [1.807, 2.05) is 32.0 Å². The van der Waals surface area contributed by atoms with Gasteiger partial charge in [-0.15, -0.1) is 0 Å². The molecule has 1 aromatic rings. The van der Waals surface area contributed by atoms with E-state index >= 15 is 0 Å². The van der Waals surface area contributed by atoms with Crippen molar-refractivity contribution in [1.29, 1.82) is 0 Å². The third kappa shape index (κ3) is 4.73. The molecule has 106 valence electrons. The molecule has 19 heavy (non-hydrogen) atoms. The number of benzene rings is 1. The van der Waals surface area contributed by atoms with Crippen LogP contribution in [0.2, 0.25) is 5.02 Å². The van der Waals surface area contributed by atoms with Gasteiger partial charge in [-0.05, 0) is 26.8 Å². The van der Waals surface area contributed by atoms with E-state index in [1.54, 1.807) is 20.1 Å². The Morgan fingerprint density at radius 1 is 1.26 bits per heavy atom. The number of hydrogen-bond donors (Lipinski definition) is 1. The van der Waals surface area contributed by atoms with Crippen molar-refractivity contribution in [3.8, 4) is 0 Å². The number of nitrogens with one attached hydrogen (secondary N) is 1. The average Bonchev–Trinajstić information content (AvgIpc) is 2.31. The fourth-order valence-electron chi connectivity index (χ4n) is 1.78. The molecule has 2 unspecified atom stereocenters. The van der Waals surface area contributed by atoms with Crippen LogP contribution in [0.4, 0.5) is 4.79 Å². The topological polar surface area (TPSA) is 47.6 Å². The van der Waals surface area contributed by atoms with E-state index in [0.717, 1.165) is 5.56 Å². The lowest BCUT2D eigenvalue weighted by Gasteiger charge is -2.24. The molecule has 0 aromatic heterocycles. The van der Waals surface area contributed by atoms with E-state index in [2.05, 4.69) is 5.32 Å². The zero-order chi connectivity index (χ0) is 14.4. The van der Waals surface area contributed by atoms with Gasteiger partial charge in [0, 0.05) is 23.7 Å². The second-order valence-electron chi connectivity index (χ2n) is 4.59. The molecule has 0 spiro atoms. The molecule has 0 saturated heterocycles. The molecule has 0 heterocycles. The van der Waals surface area contributed by atoms with Gasteiger partial charge in [0.1, 0.15) is 12.2 Å². The summed E-state index contributed by atoms with van der Waals surface area (Å²) in [6.45, 7) is 5.51. The second-order valence-corrected chi connectivity index (χ2v) is 4.99. The normalized spacial score (nSPS) is 14.0. The highest BCUT2D eigenvalue weighted by Crippen LogP contribution is 2.28. The second kappa shape index (κ2) is 7.36. The van der Waals surface area contributed by atoms with Gasteiger partial charge >= 0.3 is 6.09 Å². The quantitative estimate of drug-likeness (QED) is 0.900. The smallest absolute Gasteiger partial charge is 0.407 e. The average molecular weight is 286 g/mol. The van der Waals surface area contributed by atoms with Crippen LogP contribution in [0.25, 0.3) is 0 Å². The van der Waals surface area contributed by atoms with Crippen LogP contribution in [0.3, 0.4) is 0 Å². The Balaban J connectivity index is 2.75. The minimum absolute atomic E-state index is 0.0287. The maximum Gasteiger partial charge on any atom is 0.407 e. The lowest BCUT2D eigenvalue weighted by Crippen LogP contribution is -2.35. The van der Waals surface area contributed by atoms with E-state index < -0.39 is 18.3 Å². The highest BCUT2D eigenvalue weighted by molar-refractivity contribution is 6.31. The van der Waals surface area contributed by atoms with Crippen LogP contribution in [0.1, 0.15) is 32.4 Å². The lowest BCUT2D eigenvalue weighted by atomic mass is 10.1. The van der Waals surface area contributed by atoms with Crippen molar-refractivity contribution in [2.24, 2.45) is 0 Å². The molecule has 1 amide bonds. The fraction of sp³-hybridized carbons (Fsp3) is 0.500. The van der Waals surface area contributed by atoms with Crippen LogP contribution in [0.5, 0.6) is 0 Å². The van der Waals surface area contributed by atoms with Gasteiger partial charge in [-0.2, -0.15) is 0 Å². The molecule has 0 aliphatic heterocycles. The van der Waals surface area contributed by atoms with Crippen molar-refractivity contribution in [3.05, 3.63) is 34.9 Å². The number of hydrogen-bond acceptors (Lipinski definition) is 3. The van der Waals surface area contributed by atoms with Crippen LogP contribution in [0.15, 0.2) is 24.3 Å². The summed E-state index contributed by atoms with van der Waals surface area (Å²) in [4.78, 5) is 11.6. The number of carbonyl (C=O) groups excluding carboxylic acids is 1. The van der Waals surface area contributed by atoms with Crippen molar-refractivity contribution < 1.29 is 14.3 Å². The summed E-state index contributed by atoms with van der Waals surface area (Å²) in [6, 6.07) is 7.38. The Hall–Kier alpha value is -1.26. The summed E-state index contributed by atoms with van der Waals surface area (Å²) in [5.74, 6) is 0. The first-order chi connectivity index (χ1) is 8.95. The Morgan fingerprint density at radius 2 is 1.89 bits per heavy atom. The number of halogens is 1. The van der Waals surface area contributed by atoms with Gasteiger partial charge in [0.2, 0.25) is 0 Å². The van der Waals surface area contributed by atoms with Crippen LogP contribution < -0.4 is 5.32 Å². The molecule has 1 aromatic carbocycles.